The van der Waals surface area contributed by atoms with Crippen molar-refractivity contribution in [3.8, 4) is 39.3 Å². The lowest BCUT2D eigenvalue weighted by Crippen LogP contribution is -2.41. The molecule has 0 aliphatic heterocycles. The summed E-state index contributed by atoms with van der Waals surface area (Å²) in [6.07, 6.45) is 4.03. The van der Waals surface area contributed by atoms with Crippen molar-refractivity contribution in [2.24, 2.45) is 0 Å². The van der Waals surface area contributed by atoms with Crippen molar-refractivity contribution in [3.05, 3.63) is 256 Å². The summed E-state index contributed by atoms with van der Waals surface area (Å²) in [5, 5.41) is 5.11. The van der Waals surface area contributed by atoms with Gasteiger partial charge in [-0.3, -0.25) is 9.97 Å². The summed E-state index contributed by atoms with van der Waals surface area (Å²) in [6.45, 7) is 4.88. The minimum Gasteiger partial charge on any atom is -0.308 e. The second-order valence-corrected chi connectivity index (χ2v) is 20.6. The fourth-order valence-electron chi connectivity index (χ4n) is 13.7. The van der Waals surface area contributed by atoms with E-state index in [0.29, 0.717) is 0 Å². The minimum absolute atomic E-state index is 0.335. The predicted octanol–water partition coefficient (Wildman–Crippen LogP) is 15.3. The zero-order valence-electron chi connectivity index (χ0n) is 36.8. The van der Waals surface area contributed by atoms with Gasteiger partial charge in [-0.25, -0.2) is 0 Å². The molecule has 3 nitrogen and oxygen atoms in total. The van der Waals surface area contributed by atoms with Gasteiger partial charge in [0.15, 0.2) is 0 Å². The monoisotopic (exact) mass is 869 g/mol. The molecule has 4 aromatic heterocycles. The number of para-hydroxylation sites is 1. The third-order valence-electron chi connectivity index (χ3n) is 16.4. The van der Waals surface area contributed by atoms with Crippen LogP contribution in [0.4, 0.5) is 0 Å². The van der Waals surface area contributed by atoms with Gasteiger partial charge in [-0.2, -0.15) is 0 Å². The first-order valence-corrected chi connectivity index (χ1v) is 24.2. The number of pyridine rings is 2. The summed E-state index contributed by atoms with van der Waals surface area (Å²) in [5.74, 6) is 0. The molecule has 1 atom stereocenters. The van der Waals surface area contributed by atoms with Crippen LogP contribution in [0.25, 0.3) is 81.3 Å². The predicted molar refractivity (Wildman–Crippen MR) is 275 cm³/mol. The van der Waals surface area contributed by atoms with Crippen LogP contribution in [-0.4, -0.2) is 14.5 Å². The molecule has 0 bridgehead atoms. The van der Waals surface area contributed by atoms with Gasteiger partial charge in [0.1, 0.15) is 0 Å². The van der Waals surface area contributed by atoms with Gasteiger partial charge in [0.25, 0.3) is 0 Å². The Kier molecular flexibility index (Phi) is 6.66. The van der Waals surface area contributed by atoms with Crippen LogP contribution in [0.1, 0.15) is 69.5 Å². The lowest BCUT2D eigenvalue weighted by molar-refractivity contribution is 0.561. The van der Waals surface area contributed by atoms with Crippen LogP contribution in [0.5, 0.6) is 0 Å². The Morgan fingerprint density at radius 1 is 0.373 bits per heavy atom. The number of thiophene rings is 1. The lowest BCUT2D eigenvalue weighted by atomic mass is 9.55. The summed E-state index contributed by atoms with van der Waals surface area (Å²) < 4.78 is 5.06. The maximum atomic E-state index is 5.53. The Morgan fingerprint density at radius 3 is 1.73 bits per heavy atom. The van der Waals surface area contributed by atoms with E-state index in [0.717, 1.165) is 17.1 Å². The summed E-state index contributed by atoms with van der Waals surface area (Å²) in [6, 6.07) is 71.4. The maximum Gasteiger partial charge on any atom is 0.0939 e. The molecule has 16 rings (SSSR count). The minimum atomic E-state index is -0.702. The summed E-state index contributed by atoms with van der Waals surface area (Å²) in [5.41, 5.74) is 22.1. The van der Waals surface area contributed by atoms with Crippen LogP contribution in [0.15, 0.2) is 200 Å². The molecule has 0 saturated carbocycles. The lowest BCUT2D eigenvalue weighted by Gasteiger charge is -2.47. The number of fused-ring (bicyclic) bond motifs is 25. The number of hydrogen-bond acceptors (Lipinski definition) is 3. The first-order valence-electron chi connectivity index (χ1n) is 23.4. The Hall–Kier alpha value is -7.92. The molecule has 8 aromatic carbocycles. The smallest absolute Gasteiger partial charge is 0.0939 e. The van der Waals surface area contributed by atoms with Crippen molar-refractivity contribution in [2.75, 3.05) is 0 Å². The molecule has 0 radical (unpaired) electrons. The van der Waals surface area contributed by atoms with E-state index in [1.807, 2.05) is 17.5 Å². The number of benzene rings is 8. The fourth-order valence-corrected chi connectivity index (χ4v) is 14.9. The highest BCUT2D eigenvalue weighted by atomic mass is 32.1. The van der Waals surface area contributed by atoms with Gasteiger partial charge < -0.3 is 4.57 Å². The Bertz CT molecular complexity index is 4180. The quantitative estimate of drug-likeness (QED) is 0.165. The van der Waals surface area contributed by atoms with Crippen molar-refractivity contribution in [2.45, 2.75) is 30.1 Å². The second-order valence-electron chi connectivity index (χ2n) is 19.6. The fraction of sp³-hybridized carbons (Fsp3) is 0.0794. The summed E-state index contributed by atoms with van der Waals surface area (Å²) in [4.78, 5) is 10.8. The summed E-state index contributed by atoms with van der Waals surface area (Å²) >= 11 is 1.87. The highest BCUT2D eigenvalue weighted by Crippen LogP contribution is 2.67. The van der Waals surface area contributed by atoms with Crippen molar-refractivity contribution in [3.63, 3.8) is 0 Å². The van der Waals surface area contributed by atoms with E-state index in [2.05, 4.69) is 213 Å². The van der Waals surface area contributed by atoms with Gasteiger partial charge in [-0.1, -0.05) is 159 Å². The molecule has 4 heterocycles. The number of aromatic nitrogens is 3. The largest absolute Gasteiger partial charge is 0.308 e. The second kappa shape index (κ2) is 12.3. The van der Waals surface area contributed by atoms with E-state index in [-0.39, 0.29) is 5.41 Å². The topological polar surface area (TPSA) is 30.7 Å². The molecule has 0 saturated heterocycles. The highest BCUT2D eigenvalue weighted by molar-refractivity contribution is 7.25. The van der Waals surface area contributed by atoms with E-state index in [1.54, 1.807) is 0 Å². The maximum absolute atomic E-state index is 5.53. The van der Waals surface area contributed by atoms with Crippen molar-refractivity contribution in [1.82, 2.24) is 14.5 Å². The van der Waals surface area contributed by atoms with Gasteiger partial charge in [0.05, 0.1) is 45.1 Å². The first kappa shape index (κ1) is 36.3. The first-order chi connectivity index (χ1) is 33.0. The van der Waals surface area contributed by atoms with Gasteiger partial charge in [-0.05, 0) is 115 Å². The zero-order valence-corrected chi connectivity index (χ0v) is 37.6. The zero-order chi connectivity index (χ0) is 44.0. The average molecular weight is 870 g/mol. The molecule has 1 unspecified atom stereocenters. The van der Waals surface area contributed by atoms with Crippen LogP contribution < -0.4 is 0 Å². The SMILES string of the molecule is CC1(C)c2ccccc2C2(c3cc4c(cc31)C1(c3ccccc3-c3ccccc31)c1ccccc1-4)c1cccnc1-c1ncc(-n3c4ccccc4c4cc5c(cc43)sc3ccccc35)cc12. The van der Waals surface area contributed by atoms with Crippen LogP contribution in [0, 0.1) is 0 Å². The molecule has 2 spiro atoms. The van der Waals surface area contributed by atoms with Gasteiger partial charge >= 0.3 is 0 Å². The Balaban J connectivity index is 1.03. The van der Waals surface area contributed by atoms with E-state index >= 15 is 0 Å². The number of rotatable bonds is 1. The molecular formula is C63H39N3S. The molecule has 12 aromatic rings. The standard InChI is InChI=1S/C63H39N3S/c1-61(2)48-24-11-12-25-49(48)63(53-32-42-39-18-5-10-23-47(39)62(51(42)33-52(53)61)45-21-8-3-16-37(45)38-17-4-9-22-46(38)62)50-26-15-29-64-59(50)60-54(63)30-36(35-65-60)66-55-27-13-6-19-40(55)43-31-44-41-20-7-14-28-57(41)67-58(44)34-56(43)66/h3-35H,1-2H3. The van der Waals surface area contributed by atoms with Crippen LogP contribution in [0.2, 0.25) is 0 Å². The van der Waals surface area contributed by atoms with Gasteiger partial charge in [-0.15, -0.1) is 11.3 Å². The van der Waals surface area contributed by atoms with Crippen LogP contribution in [0.3, 0.4) is 0 Å². The molecule has 4 aliphatic rings. The highest BCUT2D eigenvalue weighted by Gasteiger charge is 2.58. The van der Waals surface area contributed by atoms with Crippen molar-refractivity contribution < 1.29 is 0 Å². The Labute approximate surface area is 391 Å². The molecule has 4 heteroatoms. The molecular weight excluding hydrogens is 831 g/mol. The van der Waals surface area contributed by atoms with Crippen LogP contribution in [-0.2, 0) is 16.2 Å². The summed E-state index contributed by atoms with van der Waals surface area (Å²) in [7, 11) is 0. The van der Waals surface area contributed by atoms with E-state index in [1.165, 1.54) is 120 Å². The molecule has 0 amide bonds. The average Bonchev–Trinajstić information content (AvgIpc) is 4.14. The van der Waals surface area contributed by atoms with Gasteiger partial charge in [0.2, 0.25) is 0 Å². The molecule has 0 fully saturated rings. The molecule has 0 N–H and O–H groups in total. The third-order valence-corrected chi connectivity index (χ3v) is 17.5. The number of nitrogens with zero attached hydrogens (tertiary/aromatic N) is 3. The third kappa shape index (κ3) is 4.14. The Morgan fingerprint density at radius 2 is 0.970 bits per heavy atom. The van der Waals surface area contributed by atoms with Crippen molar-refractivity contribution in [1.29, 1.82) is 0 Å². The normalized spacial score (nSPS) is 17.1. The van der Waals surface area contributed by atoms with E-state index in [9.17, 15) is 0 Å². The molecule has 67 heavy (non-hydrogen) atoms. The number of hydrogen-bond donors (Lipinski definition) is 0. The van der Waals surface area contributed by atoms with Crippen LogP contribution >= 0.6 is 11.3 Å². The molecule has 312 valence electrons. The van der Waals surface area contributed by atoms with E-state index in [4.69, 9.17) is 9.97 Å². The molecule has 4 aliphatic carbocycles. The van der Waals surface area contributed by atoms with E-state index < -0.39 is 10.8 Å². The van der Waals surface area contributed by atoms with Gasteiger partial charge in [0, 0.05) is 48.1 Å². The van der Waals surface area contributed by atoms with Crippen molar-refractivity contribution >= 4 is 53.3 Å².